The number of fused-ring (bicyclic) bond motifs is 1. The highest BCUT2D eigenvalue weighted by molar-refractivity contribution is 5.93. The molecular formula is C22H22F2N6O. The van der Waals surface area contributed by atoms with E-state index in [9.17, 15) is 13.6 Å². The van der Waals surface area contributed by atoms with Gasteiger partial charge in [0.2, 0.25) is 5.91 Å². The Hall–Kier alpha value is -3.62. The number of hydrogen-bond acceptors (Lipinski definition) is 4. The first-order valence-electron chi connectivity index (χ1n) is 9.75. The minimum Gasteiger partial charge on any atom is -0.324 e. The molecule has 0 aliphatic carbocycles. The van der Waals surface area contributed by atoms with E-state index in [2.05, 4.69) is 20.5 Å². The van der Waals surface area contributed by atoms with Gasteiger partial charge >= 0.3 is 0 Å². The predicted octanol–water partition coefficient (Wildman–Crippen LogP) is 4.33. The van der Waals surface area contributed by atoms with Crippen molar-refractivity contribution < 1.29 is 13.6 Å². The third-order valence-electron chi connectivity index (χ3n) is 5.10. The zero-order valence-corrected chi connectivity index (χ0v) is 17.6. The number of carbonyl (C=O) groups excluding carboxylic acids is 1. The number of aromatic nitrogens is 5. The molecule has 1 N–H and O–H groups in total. The molecule has 0 saturated carbocycles. The summed E-state index contributed by atoms with van der Waals surface area (Å²) in [4.78, 5) is 17.3. The van der Waals surface area contributed by atoms with Crippen LogP contribution in [0.3, 0.4) is 0 Å². The molecule has 0 saturated heterocycles. The number of nitrogens with zero attached hydrogens (tertiary/aromatic N) is 5. The molecule has 0 fully saturated rings. The molecule has 9 heteroatoms. The van der Waals surface area contributed by atoms with E-state index >= 15 is 0 Å². The highest BCUT2D eigenvalue weighted by Crippen LogP contribution is 2.33. The Labute approximate surface area is 177 Å². The molecule has 0 unspecified atom stereocenters. The summed E-state index contributed by atoms with van der Waals surface area (Å²) in [7, 11) is 1.74. The van der Waals surface area contributed by atoms with Crippen LogP contribution in [0, 0.1) is 20.8 Å². The first-order chi connectivity index (χ1) is 14.7. The van der Waals surface area contributed by atoms with E-state index in [0.717, 1.165) is 11.1 Å². The molecule has 0 radical (unpaired) electrons. The molecule has 4 aromatic rings. The first kappa shape index (κ1) is 20.6. The van der Waals surface area contributed by atoms with Gasteiger partial charge in [-0.25, -0.2) is 18.4 Å². The SMILES string of the molecule is Cc1ccc(C)c(NC(=O)Cn2nc(C)c3c(C(F)F)cc(-c4cnn(C)c4)nc32)c1. The predicted molar refractivity (Wildman–Crippen MR) is 114 cm³/mol. The summed E-state index contributed by atoms with van der Waals surface area (Å²) in [5.74, 6) is -0.315. The van der Waals surface area contributed by atoms with Crippen LogP contribution in [0.25, 0.3) is 22.3 Å². The normalized spacial score (nSPS) is 11.5. The van der Waals surface area contributed by atoms with E-state index in [4.69, 9.17) is 0 Å². The van der Waals surface area contributed by atoms with Gasteiger partial charge in [0.15, 0.2) is 5.65 Å². The van der Waals surface area contributed by atoms with Gasteiger partial charge in [-0.2, -0.15) is 10.2 Å². The third-order valence-corrected chi connectivity index (χ3v) is 5.10. The van der Waals surface area contributed by atoms with Crippen molar-refractivity contribution in [2.45, 2.75) is 33.7 Å². The summed E-state index contributed by atoms with van der Waals surface area (Å²) >= 11 is 0. The Bertz CT molecular complexity index is 1290. The van der Waals surface area contributed by atoms with Gasteiger partial charge in [0.1, 0.15) is 6.54 Å². The number of alkyl halides is 2. The molecule has 3 aromatic heterocycles. The number of nitrogens with one attached hydrogen (secondary N) is 1. The van der Waals surface area contributed by atoms with Crippen LogP contribution >= 0.6 is 0 Å². The van der Waals surface area contributed by atoms with Crippen LogP contribution in [0.2, 0.25) is 0 Å². The lowest BCUT2D eigenvalue weighted by atomic mass is 10.1. The van der Waals surface area contributed by atoms with Gasteiger partial charge < -0.3 is 5.32 Å². The zero-order valence-electron chi connectivity index (χ0n) is 17.6. The van der Waals surface area contributed by atoms with Gasteiger partial charge in [0, 0.05) is 30.1 Å². The quantitative estimate of drug-likeness (QED) is 0.517. The maximum Gasteiger partial charge on any atom is 0.264 e. The number of anilines is 1. The summed E-state index contributed by atoms with van der Waals surface area (Å²) in [6.07, 6.45) is 0.551. The van der Waals surface area contributed by atoms with Crippen molar-refractivity contribution >= 4 is 22.6 Å². The summed E-state index contributed by atoms with van der Waals surface area (Å²) < 4.78 is 30.7. The standard InChI is InChI=1S/C22H22F2N6O/c1-12-5-6-13(2)17(7-12)26-19(31)11-30-22-20(14(3)28-30)16(21(23)24)8-18(27-22)15-9-25-29(4)10-15/h5-10,21H,11H2,1-4H3,(H,26,31). The van der Waals surface area contributed by atoms with Crippen molar-refractivity contribution in [3.05, 3.63) is 59.0 Å². The van der Waals surface area contributed by atoms with Crippen molar-refractivity contribution in [1.82, 2.24) is 24.5 Å². The Morgan fingerprint density at radius 2 is 1.97 bits per heavy atom. The second kappa shape index (κ2) is 7.90. The first-order valence-corrected chi connectivity index (χ1v) is 9.75. The largest absolute Gasteiger partial charge is 0.324 e. The fraction of sp³-hybridized carbons (Fsp3) is 0.273. The van der Waals surface area contributed by atoms with Gasteiger partial charge in [-0.1, -0.05) is 12.1 Å². The van der Waals surface area contributed by atoms with E-state index < -0.39 is 6.43 Å². The smallest absolute Gasteiger partial charge is 0.264 e. The van der Waals surface area contributed by atoms with Crippen LogP contribution in [-0.4, -0.2) is 30.5 Å². The second-order valence-electron chi connectivity index (χ2n) is 7.61. The average molecular weight is 424 g/mol. The fourth-order valence-electron chi connectivity index (χ4n) is 3.57. The Kier molecular flexibility index (Phi) is 5.26. The van der Waals surface area contributed by atoms with E-state index in [1.165, 1.54) is 10.7 Å². The number of hydrogen-bond donors (Lipinski definition) is 1. The van der Waals surface area contributed by atoms with E-state index in [0.29, 0.717) is 22.6 Å². The molecule has 0 aliphatic heterocycles. The van der Waals surface area contributed by atoms with Gasteiger partial charge in [-0.05, 0) is 44.0 Å². The lowest BCUT2D eigenvalue weighted by Crippen LogP contribution is -2.20. The van der Waals surface area contributed by atoms with Crippen LogP contribution in [0.1, 0.15) is 28.8 Å². The Balaban J connectivity index is 1.74. The van der Waals surface area contributed by atoms with Crippen molar-refractivity contribution in [2.75, 3.05) is 5.32 Å². The van der Waals surface area contributed by atoms with Crippen molar-refractivity contribution in [2.24, 2.45) is 7.05 Å². The van der Waals surface area contributed by atoms with E-state index in [1.807, 2.05) is 32.0 Å². The summed E-state index contributed by atoms with van der Waals surface area (Å²) in [6, 6.07) is 7.13. The molecule has 160 valence electrons. The van der Waals surface area contributed by atoms with Crippen LogP contribution in [0.15, 0.2) is 36.7 Å². The molecular weight excluding hydrogens is 402 g/mol. The van der Waals surface area contributed by atoms with Crippen LogP contribution in [-0.2, 0) is 18.4 Å². The Morgan fingerprint density at radius 3 is 2.65 bits per heavy atom. The van der Waals surface area contributed by atoms with Crippen LogP contribution in [0.5, 0.6) is 0 Å². The Morgan fingerprint density at radius 1 is 1.19 bits per heavy atom. The van der Waals surface area contributed by atoms with Crippen LogP contribution in [0.4, 0.5) is 14.5 Å². The summed E-state index contributed by atoms with van der Waals surface area (Å²) in [6.45, 7) is 5.33. The molecule has 31 heavy (non-hydrogen) atoms. The van der Waals surface area contributed by atoms with Gasteiger partial charge in [-0.15, -0.1) is 0 Å². The molecule has 0 bridgehead atoms. The third kappa shape index (κ3) is 4.03. The maximum absolute atomic E-state index is 13.9. The monoisotopic (exact) mass is 424 g/mol. The lowest BCUT2D eigenvalue weighted by molar-refractivity contribution is -0.116. The average Bonchev–Trinajstić information content (AvgIpc) is 3.27. The second-order valence-corrected chi connectivity index (χ2v) is 7.61. The molecule has 1 amide bonds. The molecule has 3 heterocycles. The minimum absolute atomic E-state index is 0.149. The highest BCUT2D eigenvalue weighted by Gasteiger charge is 2.22. The number of halogens is 2. The number of aryl methyl sites for hydroxylation is 4. The molecule has 0 aliphatic rings. The number of pyridine rings is 1. The molecule has 7 nitrogen and oxygen atoms in total. The number of rotatable bonds is 5. The fourth-order valence-corrected chi connectivity index (χ4v) is 3.57. The molecule has 0 spiro atoms. The minimum atomic E-state index is -2.71. The molecule has 0 atom stereocenters. The summed E-state index contributed by atoms with van der Waals surface area (Å²) in [5.41, 5.74) is 4.09. The number of amides is 1. The summed E-state index contributed by atoms with van der Waals surface area (Å²) in [5, 5.41) is 11.6. The van der Waals surface area contributed by atoms with Crippen molar-refractivity contribution in [3.8, 4) is 11.3 Å². The van der Waals surface area contributed by atoms with Gasteiger partial charge in [-0.3, -0.25) is 9.48 Å². The van der Waals surface area contributed by atoms with E-state index in [-0.39, 0.29) is 29.0 Å². The van der Waals surface area contributed by atoms with Crippen LogP contribution < -0.4 is 5.32 Å². The van der Waals surface area contributed by atoms with Gasteiger partial charge in [0.05, 0.1) is 23.0 Å². The van der Waals surface area contributed by atoms with E-state index in [1.54, 1.807) is 31.0 Å². The molecule has 1 aromatic carbocycles. The zero-order chi connectivity index (χ0) is 22.3. The topological polar surface area (TPSA) is 77.6 Å². The number of benzene rings is 1. The molecule has 4 rings (SSSR count). The maximum atomic E-state index is 13.9. The van der Waals surface area contributed by atoms with Crippen molar-refractivity contribution in [1.29, 1.82) is 0 Å². The lowest BCUT2D eigenvalue weighted by Gasteiger charge is -2.10. The number of carbonyl (C=O) groups is 1. The van der Waals surface area contributed by atoms with Crippen molar-refractivity contribution in [3.63, 3.8) is 0 Å². The van der Waals surface area contributed by atoms with Gasteiger partial charge in [0.25, 0.3) is 6.43 Å². The highest BCUT2D eigenvalue weighted by atomic mass is 19.3.